The van der Waals surface area contributed by atoms with E-state index in [1.165, 1.54) is 12.3 Å². The third-order valence-corrected chi connectivity index (χ3v) is 4.11. The summed E-state index contributed by atoms with van der Waals surface area (Å²) in [7, 11) is 1.66. The van der Waals surface area contributed by atoms with E-state index in [0.29, 0.717) is 37.6 Å². The summed E-state index contributed by atoms with van der Waals surface area (Å²) in [4.78, 5) is 26.7. The molecule has 2 heterocycles. The Balaban J connectivity index is 1.68. The molecule has 0 atom stereocenters. The number of furan rings is 1. The molecule has 24 heavy (non-hydrogen) atoms. The molecule has 0 bridgehead atoms. The van der Waals surface area contributed by atoms with E-state index in [1.807, 2.05) is 0 Å². The van der Waals surface area contributed by atoms with E-state index in [9.17, 15) is 14.9 Å². The van der Waals surface area contributed by atoms with Gasteiger partial charge in [0.2, 0.25) is 0 Å². The van der Waals surface area contributed by atoms with Crippen molar-refractivity contribution in [2.24, 2.45) is 0 Å². The minimum Gasteiger partial charge on any atom is -0.459 e. The quantitative estimate of drug-likeness (QED) is 0.682. The number of hydrogen-bond acceptors (Lipinski definition) is 6. The highest BCUT2D eigenvalue weighted by atomic mass is 16.6. The molecule has 1 aromatic heterocycles. The highest BCUT2D eigenvalue weighted by molar-refractivity contribution is 5.91. The van der Waals surface area contributed by atoms with E-state index < -0.39 is 4.92 Å². The van der Waals surface area contributed by atoms with Gasteiger partial charge in [-0.05, 0) is 24.3 Å². The van der Waals surface area contributed by atoms with E-state index in [4.69, 9.17) is 4.42 Å². The fourth-order valence-corrected chi connectivity index (χ4v) is 2.80. The van der Waals surface area contributed by atoms with Crippen LogP contribution in [-0.2, 0) is 0 Å². The van der Waals surface area contributed by atoms with E-state index in [2.05, 4.69) is 10.2 Å². The molecule has 1 N–H and O–H groups in total. The third-order valence-electron chi connectivity index (χ3n) is 4.11. The second kappa shape index (κ2) is 6.61. The van der Waals surface area contributed by atoms with E-state index in [-0.39, 0.29) is 11.6 Å². The number of benzene rings is 1. The Morgan fingerprint density at radius 2 is 2.00 bits per heavy atom. The van der Waals surface area contributed by atoms with Crippen LogP contribution in [-0.4, -0.2) is 49.0 Å². The first-order valence-electron chi connectivity index (χ1n) is 7.64. The van der Waals surface area contributed by atoms with E-state index in [0.717, 1.165) is 5.69 Å². The second-order valence-electron chi connectivity index (χ2n) is 5.47. The Labute approximate surface area is 138 Å². The minimum absolute atomic E-state index is 0.0490. The monoisotopic (exact) mass is 330 g/mol. The minimum atomic E-state index is -0.407. The summed E-state index contributed by atoms with van der Waals surface area (Å²) in [5.74, 6) is 0.232. The molecule has 0 spiro atoms. The maximum Gasteiger partial charge on any atom is 0.292 e. The lowest BCUT2D eigenvalue weighted by atomic mass is 10.2. The summed E-state index contributed by atoms with van der Waals surface area (Å²) in [5.41, 5.74) is 1.43. The van der Waals surface area contributed by atoms with Crippen LogP contribution >= 0.6 is 0 Å². The number of anilines is 2. The van der Waals surface area contributed by atoms with Crippen molar-refractivity contribution in [3.8, 4) is 0 Å². The summed E-state index contributed by atoms with van der Waals surface area (Å²) in [6.07, 6.45) is 1.49. The maximum atomic E-state index is 12.3. The van der Waals surface area contributed by atoms with Crippen molar-refractivity contribution < 1.29 is 14.1 Å². The molecular formula is C16H18N4O4. The lowest BCUT2D eigenvalue weighted by Gasteiger charge is -2.35. The van der Waals surface area contributed by atoms with Gasteiger partial charge in [-0.25, -0.2) is 0 Å². The predicted molar refractivity (Wildman–Crippen MR) is 89.5 cm³/mol. The number of nitrogens with one attached hydrogen (secondary N) is 1. The van der Waals surface area contributed by atoms with Gasteiger partial charge in [0, 0.05) is 45.0 Å². The highest BCUT2D eigenvalue weighted by Gasteiger charge is 2.24. The molecule has 1 amide bonds. The summed E-state index contributed by atoms with van der Waals surface area (Å²) in [6.45, 7) is 2.47. The van der Waals surface area contributed by atoms with Crippen LogP contribution in [0.1, 0.15) is 10.6 Å². The number of rotatable bonds is 4. The molecule has 0 aliphatic carbocycles. The summed E-state index contributed by atoms with van der Waals surface area (Å²) < 4.78 is 5.15. The van der Waals surface area contributed by atoms with Crippen LogP contribution in [0.25, 0.3) is 0 Å². The topological polar surface area (TPSA) is 91.9 Å². The van der Waals surface area contributed by atoms with E-state index >= 15 is 0 Å². The van der Waals surface area contributed by atoms with Crippen LogP contribution in [0.2, 0.25) is 0 Å². The molecule has 1 aliphatic heterocycles. The number of nitrogens with zero attached hydrogens (tertiary/aromatic N) is 3. The maximum absolute atomic E-state index is 12.3. The first-order valence-corrected chi connectivity index (χ1v) is 7.64. The van der Waals surface area contributed by atoms with Crippen LogP contribution in [0.3, 0.4) is 0 Å². The molecule has 3 rings (SSSR count). The Morgan fingerprint density at radius 1 is 1.25 bits per heavy atom. The van der Waals surface area contributed by atoms with Crippen LogP contribution in [0.4, 0.5) is 17.1 Å². The van der Waals surface area contributed by atoms with Gasteiger partial charge < -0.3 is 19.5 Å². The number of carbonyl (C=O) groups is 1. The lowest BCUT2D eigenvalue weighted by Crippen LogP contribution is -2.48. The molecule has 1 aliphatic rings. The van der Waals surface area contributed by atoms with Gasteiger partial charge in [-0.2, -0.15) is 0 Å². The van der Waals surface area contributed by atoms with Crippen LogP contribution in [0.15, 0.2) is 41.0 Å². The largest absolute Gasteiger partial charge is 0.459 e. The Hall–Kier alpha value is -3.03. The Bertz CT molecular complexity index is 737. The Kier molecular flexibility index (Phi) is 4.37. The number of nitro benzene ring substituents is 1. The number of piperazine rings is 1. The fraction of sp³-hybridized carbons (Fsp3) is 0.312. The van der Waals surface area contributed by atoms with Gasteiger partial charge in [-0.3, -0.25) is 14.9 Å². The van der Waals surface area contributed by atoms with Gasteiger partial charge in [0.05, 0.1) is 11.2 Å². The molecule has 0 unspecified atom stereocenters. The van der Waals surface area contributed by atoms with Crippen molar-refractivity contribution in [1.82, 2.24) is 4.90 Å². The Morgan fingerprint density at radius 3 is 2.58 bits per heavy atom. The van der Waals surface area contributed by atoms with Gasteiger partial charge >= 0.3 is 0 Å². The number of hydrogen-bond donors (Lipinski definition) is 1. The zero-order valence-corrected chi connectivity index (χ0v) is 13.3. The van der Waals surface area contributed by atoms with Gasteiger partial charge in [0.1, 0.15) is 5.69 Å². The van der Waals surface area contributed by atoms with Gasteiger partial charge in [-0.1, -0.05) is 0 Å². The van der Waals surface area contributed by atoms with Gasteiger partial charge in [0.25, 0.3) is 11.6 Å². The average Bonchev–Trinajstić information content (AvgIpc) is 3.15. The second-order valence-corrected chi connectivity index (χ2v) is 5.47. The molecular weight excluding hydrogens is 312 g/mol. The number of amides is 1. The van der Waals surface area contributed by atoms with Crippen molar-refractivity contribution in [1.29, 1.82) is 0 Å². The van der Waals surface area contributed by atoms with Crippen LogP contribution in [0, 0.1) is 10.1 Å². The summed E-state index contributed by atoms with van der Waals surface area (Å²) >= 11 is 0. The molecule has 1 aromatic carbocycles. The molecule has 126 valence electrons. The lowest BCUT2D eigenvalue weighted by molar-refractivity contribution is -0.383. The van der Waals surface area contributed by atoms with E-state index in [1.54, 1.807) is 36.2 Å². The smallest absolute Gasteiger partial charge is 0.292 e. The molecule has 1 saturated heterocycles. The fourth-order valence-electron chi connectivity index (χ4n) is 2.80. The average molecular weight is 330 g/mol. The molecule has 8 nitrogen and oxygen atoms in total. The summed E-state index contributed by atoms with van der Waals surface area (Å²) in [5, 5.41) is 13.9. The normalized spacial score (nSPS) is 14.5. The first-order chi connectivity index (χ1) is 11.6. The molecule has 2 aromatic rings. The van der Waals surface area contributed by atoms with Crippen LogP contribution in [0.5, 0.6) is 0 Å². The van der Waals surface area contributed by atoms with Crippen molar-refractivity contribution in [3.05, 3.63) is 52.5 Å². The first kappa shape index (κ1) is 15.9. The van der Waals surface area contributed by atoms with Crippen molar-refractivity contribution in [2.75, 3.05) is 43.4 Å². The predicted octanol–water partition coefficient (Wildman–Crippen LogP) is 2.19. The highest BCUT2D eigenvalue weighted by Crippen LogP contribution is 2.29. The van der Waals surface area contributed by atoms with Gasteiger partial charge in [-0.15, -0.1) is 0 Å². The van der Waals surface area contributed by atoms with Crippen molar-refractivity contribution in [2.45, 2.75) is 0 Å². The number of carbonyl (C=O) groups excluding carboxylic acids is 1. The molecule has 1 fully saturated rings. The summed E-state index contributed by atoms with van der Waals surface area (Å²) in [6, 6.07) is 8.36. The van der Waals surface area contributed by atoms with Crippen molar-refractivity contribution in [3.63, 3.8) is 0 Å². The van der Waals surface area contributed by atoms with Crippen molar-refractivity contribution >= 4 is 23.0 Å². The molecule has 0 radical (unpaired) electrons. The molecule has 0 saturated carbocycles. The standard InChI is InChI=1S/C16H18N4O4/c1-17-13-11-12(4-5-14(13)20(22)23)18-6-8-19(9-7-18)16(21)15-3-2-10-24-15/h2-5,10-11,17H,6-9H2,1H3. The number of nitro groups is 1. The van der Waals surface area contributed by atoms with Gasteiger partial charge in [0.15, 0.2) is 5.76 Å². The molecule has 8 heteroatoms. The van der Waals surface area contributed by atoms with Crippen LogP contribution < -0.4 is 10.2 Å². The zero-order valence-electron chi connectivity index (χ0n) is 13.3. The zero-order chi connectivity index (χ0) is 17.1. The SMILES string of the molecule is CNc1cc(N2CCN(C(=O)c3ccco3)CC2)ccc1[N+](=O)[O-]. The third kappa shape index (κ3) is 3.03.